The molecule has 2 saturated heterocycles. The summed E-state index contributed by atoms with van der Waals surface area (Å²) in [5, 5.41) is 3.23. The van der Waals surface area contributed by atoms with Crippen molar-refractivity contribution in [2.75, 3.05) is 46.8 Å². The summed E-state index contributed by atoms with van der Waals surface area (Å²) in [6, 6.07) is -1.23. The van der Waals surface area contributed by atoms with E-state index in [2.05, 4.69) is 10.3 Å². The fourth-order valence-electron chi connectivity index (χ4n) is 3.03. The molecule has 3 rings (SSSR count). The fourth-order valence-corrected chi connectivity index (χ4v) is 3.03. The molecule has 2 fully saturated rings. The largest absolute Gasteiger partial charge is 0.392 e. The molecule has 0 aromatic rings. The number of guanidine groups is 1. The van der Waals surface area contributed by atoms with Crippen molar-refractivity contribution >= 4 is 29.6 Å². The number of urea groups is 1. The maximum absolute atomic E-state index is 12.5. The zero-order valence-electron chi connectivity index (χ0n) is 13.2. The number of rotatable bonds is 2. The normalized spacial score (nSPS) is 25.0. The summed E-state index contributed by atoms with van der Waals surface area (Å²) < 4.78 is 2.00. The second kappa shape index (κ2) is 5.61. The van der Waals surface area contributed by atoms with Gasteiger partial charge in [-0.15, -0.1) is 0 Å². The molecule has 1 unspecified atom stereocenters. The summed E-state index contributed by atoms with van der Waals surface area (Å²) in [6.45, 7) is 2.85. The van der Waals surface area contributed by atoms with Gasteiger partial charge in [0, 0.05) is 27.2 Å². The lowest BCUT2D eigenvalue weighted by Crippen LogP contribution is -2.63. The first-order valence-electron chi connectivity index (χ1n) is 7.43. The van der Waals surface area contributed by atoms with Gasteiger partial charge in [-0.1, -0.05) is 4.99 Å². The Kier molecular flexibility index (Phi) is 3.76. The smallest absolute Gasteiger partial charge is 0.367 e. The van der Waals surface area contributed by atoms with Crippen molar-refractivity contribution in [1.29, 1.82) is 0 Å². The molecule has 0 aliphatic carbocycles. The molecule has 0 bridgehead atoms. The molecule has 124 valence electrons. The number of hydrogen-bond acceptors (Lipinski definition) is 4. The van der Waals surface area contributed by atoms with Crippen LogP contribution in [-0.2, 0) is 9.59 Å². The second-order valence-electron chi connectivity index (χ2n) is 5.74. The summed E-state index contributed by atoms with van der Waals surface area (Å²) in [7, 11) is 2.99. The minimum atomic E-state index is -0.792. The Hall–Kier alpha value is -2.49. The highest BCUT2D eigenvalue weighted by molar-refractivity contribution is 6.25. The fraction of sp³-hybridized carbons (Fsp3) is 0.615. The number of fused-ring (bicyclic) bond motifs is 1. The summed E-state index contributed by atoms with van der Waals surface area (Å²) in [5.41, 5.74) is 5.35. The lowest BCUT2D eigenvalue weighted by molar-refractivity contribution is -0.537. The number of amidine groups is 1. The number of nitrogens with two attached hydrogens (primary N) is 1. The van der Waals surface area contributed by atoms with E-state index in [0.29, 0.717) is 24.9 Å². The SMILES string of the molecule is CN1C(=O)C2C(=NC(=[N+]3CCNCC3)N2CC(N)=O)N(C)C1=O. The summed E-state index contributed by atoms with van der Waals surface area (Å²) in [5.74, 6) is -0.0937. The van der Waals surface area contributed by atoms with Gasteiger partial charge in [0.05, 0.1) is 13.1 Å². The molecule has 0 aromatic carbocycles. The van der Waals surface area contributed by atoms with Crippen LogP contribution in [0.25, 0.3) is 0 Å². The Morgan fingerprint density at radius 3 is 2.57 bits per heavy atom. The van der Waals surface area contributed by atoms with Gasteiger partial charge in [0.25, 0.3) is 11.8 Å². The van der Waals surface area contributed by atoms with E-state index in [1.165, 1.54) is 11.9 Å². The van der Waals surface area contributed by atoms with Gasteiger partial charge in [0.15, 0.2) is 0 Å². The number of carbonyl (C=O) groups excluding carboxylic acids is 3. The van der Waals surface area contributed by atoms with Crippen LogP contribution in [0.5, 0.6) is 0 Å². The zero-order valence-corrected chi connectivity index (χ0v) is 13.2. The molecule has 4 amide bonds. The quantitative estimate of drug-likeness (QED) is 0.528. The van der Waals surface area contributed by atoms with Crippen LogP contribution in [0, 0.1) is 0 Å². The van der Waals surface area contributed by atoms with Crippen molar-refractivity contribution in [2.24, 2.45) is 10.7 Å². The van der Waals surface area contributed by atoms with Gasteiger partial charge in [0.1, 0.15) is 6.54 Å². The zero-order chi connectivity index (χ0) is 16.7. The van der Waals surface area contributed by atoms with Gasteiger partial charge < -0.3 is 11.1 Å². The van der Waals surface area contributed by atoms with Gasteiger partial charge in [-0.3, -0.25) is 24.0 Å². The van der Waals surface area contributed by atoms with E-state index in [0.717, 1.165) is 18.0 Å². The lowest BCUT2D eigenvalue weighted by Gasteiger charge is -2.32. The molecule has 3 aliphatic rings. The summed E-state index contributed by atoms with van der Waals surface area (Å²) in [4.78, 5) is 44.6. The van der Waals surface area contributed by atoms with Crippen molar-refractivity contribution < 1.29 is 19.0 Å². The van der Waals surface area contributed by atoms with E-state index in [1.807, 2.05) is 4.58 Å². The average molecular weight is 322 g/mol. The van der Waals surface area contributed by atoms with Crippen LogP contribution in [0.1, 0.15) is 0 Å². The molecule has 23 heavy (non-hydrogen) atoms. The summed E-state index contributed by atoms with van der Waals surface area (Å²) in [6.07, 6.45) is 0. The van der Waals surface area contributed by atoms with E-state index in [1.54, 1.807) is 11.9 Å². The van der Waals surface area contributed by atoms with Gasteiger partial charge >= 0.3 is 12.0 Å². The van der Waals surface area contributed by atoms with Crippen LogP contribution < -0.4 is 11.1 Å². The molecular formula is C13H20N7O3+. The molecule has 0 radical (unpaired) electrons. The van der Waals surface area contributed by atoms with Crippen LogP contribution in [0.2, 0.25) is 0 Å². The van der Waals surface area contributed by atoms with E-state index in [-0.39, 0.29) is 6.54 Å². The molecule has 1 atom stereocenters. The lowest BCUT2D eigenvalue weighted by atomic mass is 10.1. The number of hydrogen-bond donors (Lipinski definition) is 2. The van der Waals surface area contributed by atoms with E-state index >= 15 is 0 Å². The molecular weight excluding hydrogens is 302 g/mol. The number of primary amides is 1. The Morgan fingerprint density at radius 1 is 1.30 bits per heavy atom. The predicted molar refractivity (Wildman–Crippen MR) is 80.9 cm³/mol. The maximum atomic E-state index is 12.5. The van der Waals surface area contributed by atoms with Gasteiger partial charge in [0.2, 0.25) is 11.9 Å². The number of nitrogens with one attached hydrogen (secondary N) is 1. The highest BCUT2D eigenvalue weighted by Gasteiger charge is 2.55. The van der Waals surface area contributed by atoms with Crippen molar-refractivity contribution in [3.05, 3.63) is 0 Å². The second-order valence-corrected chi connectivity index (χ2v) is 5.74. The number of nitrogens with zero attached hydrogens (tertiary/aromatic N) is 5. The first-order valence-corrected chi connectivity index (χ1v) is 7.43. The average Bonchev–Trinajstić information content (AvgIpc) is 2.90. The number of piperazine rings is 1. The van der Waals surface area contributed by atoms with Crippen molar-refractivity contribution in [3.63, 3.8) is 0 Å². The van der Waals surface area contributed by atoms with Gasteiger partial charge in [-0.2, -0.15) is 0 Å². The number of amides is 4. The van der Waals surface area contributed by atoms with Crippen molar-refractivity contribution in [3.8, 4) is 0 Å². The molecule has 0 saturated carbocycles. The first-order chi connectivity index (χ1) is 10.9. The topological polar surface area (TPSA) is 114 Å². The van der Waals surface area contributed by atoms with E-state index in [4.69, 9.17) is 5.73 Å². The molecule has 0 spiro atoms. The molecule has 10 nitrogen and oxygen atoms in total. The number of aliphatic imine (C=N–C) groups is 1. The Morgan fingerprint density at radius 2 is 1.96 bits per heavy atom. The predicted octanol–water partition coefficient (Wildman–Crippen LogP) is -2.95. The third-order valence-corrected chi connectivity index (χ3v) is 4.24. The van der Waals surface area contributed by atoms with Crippen LogP contribution in [0.3, 0.4) is 0 Å². The Labute approximate surface area is 133 Å². The highest BCUT2D eigenvalue weighted by Crippen LogP contribution is 2.22. The van der Waals surface area contributed by atoms with Crippen LogP contribution >= 0.6 is 0 Å². The van der Waals surface area contributed by atoms with Crippen molar-refractivity contribution in [2.45, 2.75) is 6.04 Å². The number of imide groups is 1. The van der Waals surface area contributed by atoms with E-state index in [9.17, 15) is 14.4 Å². The molecule has 3 N–H and O–H groups in total. The van der Waals surface area contributed by atoms with Crippen LogP contribution in [-0.4, -0.2) is 102 Å². The third kappa shape index (κ3) is 2.44. The first kappa shape index (κ1) is 15.4. The molecule has 3 aliphatic heterocycles. The maximum Gasteiger partial charge on any atom is 0.392 e. The molecule has 0 aromatic heterocycles. The highest BCUT2D eigenvalue weighted by atomic mass is 16.2. The molecule has 10 heteroatoms. The molecule has 3 heterocycles. The third-order valence-electron chi connectivity index (χ3n) is 4.24. The van der Waals surface area contributed by atoms with Gasteiger partial charge in [-0.05, 0) is 0 Å². The number of carbonyl (C=O) groups is 3. The standard InChI is InChI=1S/C13H19N7O3/c1-17-10-9(11(22)18(2)13(17)23)20(7-8(14)21)12(16-10)19-5-3-15-4-6-19/h9,15H,3-7H2,1-2H3,(H-,14,21)/p+1. The Bertz CT molecular complexity index is 633. The Balaban J connectivity index is 2.06. The number of likely N-dealkylation sites (N-methyl/N-ethyl adjacent to an activating group) is 2. The van der Waals surface area contributed by atoms with Crippen LogP contribution in [0.4, 0.5) is 4.79 Å². The van der Waals surface area contributed by atoms with Gasteiger partial charge in [-0.25, -0.2) is 9.69 Å². The van der Waals surface area contributed by atoms with Crippen LogP contribution in [0.15, 0.2) is 4.99 Å². The minimum Gasteiger partial charge on any atom is -0.367 e. The minimum absolute atomic E-state index is 0.126. The van der Waals surface area contributed by atoms with E-state index < -0.39 is 23.9 Å². The van der Waals surface area contributed by atoms with Crippen molar-refractivity contribution in [1.82, 2.24) is 20.0 Å². The monoisotopic (exact) mass is 322 g/mol. The summed E-state index contributed by atoms with van der Waals surface area (Å²) >= 11 is 0.